The van der Waals surface area contributed by atoms with E-state index in [9.17, 15) is 8.42 Å². The predicted molar refractivity (Wildman–Crippen MR) is 70.8 cm³/mol. The molecule has 0 saturated carbocycles. The molecule has 0 aliphatic carbocycles. The molecule has 6 heteroatoms. The van der Waals surface area contributed by atoms with Crippen LogP contribution in [0.4, 0.5) is 0 Å². The Morgan fingerprint density at radius 2 is 1.94 bits per heavy atom. The summed E-state index contributed by atoms with van der Waals surface area (Å²) < 4.78 is 33.0. The number of ether oxygens (including phenoxy) is 2. The number of rotatable bonds is 7. The van der Waals surface area contributed by atoms with Gasteiger partial charge in [0.25, 0.3) is 9.05 Å². The van der Waals surface area contributed by atoms with Gasteiger partial charge in [-0.25, -0.2) is 8.42 Å². The van der Waals surface area contributed by atoms with Crippen LogP contribution in [0.2, 0.25) is 0 Å². The number of hydrogen-bond acceptors (Lipinski definition) is 4. The van der Waals surface area contributed by atoms with E-state index in [0.717, 1.165) is 12.0 Å². The first kappa shape index (κ1) is 15.3. The SMILES string of the molecule is CCCOCCOc1ccc(S(=O)(=O)Cl)cc1C. The zero-order valence-electron chi connectivity index (χ0n) is 10.5. The van der Waals surface area contributed by atoms with Crippen molar-refractivity contribution in [3.8, 4) is 5.75 Å². The normalized spacial score (nSPS) is 11.5. The Kier molecular flexibility index (Phi) is 5.91. The molecule has 0 heterocycles. The van der Waals surface area contributed by atoms with Crippen LogP contribution in [0.5, 0.6) is 5.75 Å². The number of benzene rings is 1. The predicted octanol–water partition coefficient (Wildman–Crippen LogP) is 2.73. The van der Waals surface area contributed by atoms with Gasteiger partial charge in [-0.05, 0) is 37.1 Å². The molecule has 0 atom stereocenters. The average Bonchev–Trinajstić information content (AvgIpc) is 2.29. The van der Waals surface area contributed by atoms with E-state index >= 15 is 0 Å². The smallest absolute Gasteiger partial charge is 0.261 e. The highest BCUT2D eigenvalue weighted by Gasteiger charge is 2.11. The molecule has 0 fully saturated rings. The van der Waals surface area contributed by atoms with Crippen molar-refractivity contribution < 1.29 is 17.9 Å². The van der Waals surface area contributed by atoms with E-state index < -0.39 is 9.05 Å². The summed E-state index contributed by atoms with van der Waals surface area (Å²) in [5, 5.41) is 0. The van der Waals surface area contributed by atoms with Crippen molar-refractivity contribution in [3.63, 3.8) is 0 Å². The molecule has 0 saturated heterocycles. The Bertz CT molecular complexity index is 485. The molecule has 1 rings (SSSR count). The van der Waals surface area contributed by atoms with Crippen molar-refractivity contribution in [2.75, 3.05) is 19.8 Å². The van der Waals surface area contributed by atoms with E-state index in [4.69, 9.17) is 20.2 Å². The minimum atomic E-state index is -3.68. The molecular weight excluding hydrogens is 276 g/mol. The van der Waals surface area contributed by atoms with Gasteiger partial charge in [0.1, 0.15) is 12.4 Å². The molecule has 4 nitrogen and oxygen atoms in total. The molecule has 102 valence electrons. The summed E-state index contributed by atoms with van der Waals surface area (Å²) in [4.78, 5) is 0.0799. The van der Waals surface area contributed by atoms with Crippen LogP contribution >= 0.6 is 10.7 Å². The minimum Gasteiger partial charge on any atom is -0.491 e. The van der Waals surface area contributed by atoms with Gasteiger partial charge >= 0.3 is 0 Å². The molecule has 0 amide bonds. The fraction of sp³-hybridized carbons (Fsp3) is 0.500. The van der Waals surface area contributed by atoms with Gasteiger partial charge in [0, 0.05) is 17.3 Å². The van der Waals surface area contributed by atoms with Crippen molar-refractivity contribution in [2.45, 2.75) is 25.2 Å². The van der Waals surface area contributed by atoms with Gasteiger partial charge in [-0.1, -0.05) is 6.92 Å². The first-order chi connectivity index (χ1) is 8.45. The molecule has 0 bridgehead atoms. The molecule has 0 aliphatic heterocycles. The fourth-order valence-corrected chi connectivity index (χ4v) is 2.23. The lowest BCUT2D eigenvalue weighted by Gasteiger charge is -2.10. The van der Waals surface area contributed by atoms with E-state index in [1.54, 1.807) is 13.0 Å². The minimum absolute atomic E-state index is 0.0799. The molecule has 1 aromatic rings. The zero-order valence-corrected chi connectivity index (χ0v) is 12.1. The second-order valence-electron chi connectivity index (χ2n) is 3.83. The molecule has 18 heavy (non-hydrogen) atoms. The van der Waals surface area contributed by atoms with Crippen molar-refractivity contribution >= 4 is 19.7 Å². The summed E-state index contributed by atoms with van der Waals surface area (Å²) in [5.41, 5.74) is 0.729. The van der Waals surface area contributed by atoms with E-state index in [-0.39, 0.29) is 4.90 Å². The zero-order chi connectivity index (χ0) is 13.6. The van der Waals surface area contributed by atoms with E-state index in [1.165, 1.54) is 12.1 Å². The first-order valence-corrected chi connectivity index (χ1v) is 8.02. The largest absolute Gasteiger partial charge is 0.491 e. The third-order valence-corrected chi connectivity index (χ3v) is 3.61. The van der Waals surface area contributed by atoms with Crippen LogP contribution in [0.3, 0.4) is 0 Å². The van der Waals surface area contributed by atoms with Crippen LogP contribution in [-0.2, 0) is 13.8 Å². The molecule has 0 aliphatic rings. The second kappa shape index (κ2) is 6.97. The van der Waals surface area contributed by atoms with Gasteiger partial charge in [-0.15, -0.1) is 0 Å². The van der Waals surface area contributed by atoms with Crippen LogP contribution < -0.4 is 4.74 Å². The third kappa shape index (κ3) is 4.84. The van der Waals surface area contributed by atoms with Crippen LogP contribution in [0.15, 0.2) is 23.1 Å². The van der Waals surface area contributed by atoms with Gasteiger partial charge in [0.15, 0.2) is 0 Å². The lowest BCUT2D eigenvalue weighted by atomic mass is 10.2. The third-order valence-electron chi connectivity index (χ3n) is 2.26. The summed E-state index contributed by atoms with van der Waals surface area (Å²) in [7, 11) is 1.57. The summed E-state index contributed by atoms with van der Waals surface area (Å²) in [5.74, 6) is 0.638. The lowest BCUT2D eigenvalue weighted by Crippen LogP contribution is -2.08. The Morgan fingerprint density at radius 1 is 1.22 bits per heavy atom. The van der Waals surface area contributed by atoms with Gasteiger partial charge < -0.3 is 9.47 Å². The standard InChI is InChI=1S/C12H17ClO4S/c1-3-6-16-7-8-17-12-5-4-11(9-10(12)2)18(13,14)15/h4-5,9H,3,6-8H2,1-2H3. The van der Waals surface area contributed by atoms with E-state index in [0.29, 0.717) is 25.6 Å². The number of hydrogen-bond donors (Lipinski definition) is 0. The maximum Gasteiger partial charge on any atom is 0.261 e. The van der Waals surface area contributed by atoms with E-state index in [2.05, 4.69) is 0 Å². The molecule has 1 aromatic carbocycles. The Balaban J connectivity index is 2.58. The maximum atomic E-state index is 11.1. The number of aryl methyl sites for hydroxylation is 1. The van der Waals surface area contributed by atoms with E-state index in [1.807, 2.05) is 6.92 Å². The van der Waals surface area contributed by atoms with Crippen molar-refractivity contribution in [1.29, 1.82) is 0 Å². The summed E-state index contributed by atoms with van der Waals surface area (Å²) >= 11 is 0. The molecule has 0 N–H and O–H groups in total. The van der Waals surface area contributed by atoms with Gasteiger partial charge in [0.2, 0.25) is 0 Å². The highest BCUT2D eigenvalue weighted by atomic mass is 35.7. The van der Waals surface area contributed by atoms with Gasteiger partial charge in [0.05, 0.1) is 11.5 Å². The molecule has 0 radical (unpaired) electrons. The average molecular weight is 293 g/mol. The lowest BCUT2D eigenvalue weighted by molar-refractivity contribution is 0.100. The van der Waals surface area contributed by atoms with Crippen LogP contribution in [0, 0.1) is 6.92 Å². The Labute approximate surface area is 112 Å². The summed E-state index contributed by atoms with van der Waals surface area (Å²) in [6, 6.07) is 4.52. The quantitative estimate of drug-likeness (QED) is 0.573. The molecule has 0 aromatic heterocycles. The van der Waals surface area contributed by atoms with Gasteiger partial charge in [-0.2, -0.15) is 0 Å². The fourth-order valence-electron chi connectivity index (χ4n) is 1.39. The molecular formula is C12H17ClO4S. The van der Waals surface area contributed by atoms with Crippen LogP contribution in [-0.4, -0.2) is 28.2 Å². The van der Waals surface area contributed by atoms with Crippen LogP contribution in [0.25, 0.3) is 0 Å². The summed E-state index contributed by atoms with van der Waals surface area (Å²) in [6.07, 6.45) is 0.974. The molecule has 0 unspecified atom stereocenters. The highest BCUT2D eigenvalue weighted by Crippen LogP contribution is 2.23. The monoisotopic (exact) mass is 292 g/mol. The summed E-state index contributed by atoms with van der Waals surface area (Å²) in [6.45, 7) is 5.48. The second-order valence-corrected chi connectivity index (χ2v) is 6.39. The van der Waals surface area contributed by atoms with Crippen LogP contribution in [0.1, 0.15) is 18.9 Å². The first-order valence-electron chi connectivity index (χ1n) is 5.71. The number of halogens is 1. The highest BCUT2D eigenvalue weighted by molar-refractivity contribution is 8.13. The Hall–Kier alpha value is -0.780. The van der Waals surface area contributed by atoms with Gasteiger partial charge in [-0.3, -0.25) is 0 Å². The topological polar surface area (TPSA) is 52.6 Å². The molecule has 0 spiro atoms. The van der Waals surface area contributed by atoms with Crippen molar-refractivity contribution in [3.05, 3.63) is 23.8 Å². The van der Waals surface area contributed by atoms with Crippen molar-refractivity contribution in [1.82, 2.24) is 0 Å². The maximum absolute atomic E-state index is 11.1. The Morgan fingerprint density at radius 3 is 2.50 bits per heavy atom. The van der Waals surface area contributed by atoms with Crippen molar-refractivity contribution in [2.24, 2.45) is 0 Å².